The molecule has 0 amide bonds. The minimum atomic E-state index is 0.771. The van der Waals surface area contributed by atoms with Gasteiger partial charge in [0.2, 0.25) is 0 Å². The van der Waals surface area contributed by atoms with Crippen LogP contribution in [0.4, 0.5) is 0 Å². The van der Waals surface area contributed by atoms with Crippen molar-refractivity contribution in [2.75, 3.05) is 0 Å². The van der Waals surface area contributed by atoms with Gasteiger partial charge in [-0.15, -0.1) is 0 Å². The molecule has 0 aliphatic rings. The van der Waals surface area contributed by atoms with Gasteiger partial charge in [0.25, 0.3) is 0 Å². The molecular weight excluding hydrogens is 508 g/mol. The van der Waals surface area contributed by atoms with E-state index in [1.165, 1.54) is 54.6 Å². The van der Waals surface area contributed by atoms with Crippen molar-refractivity contribution in [3.63, 3.8) is 0 Å². The average Bonchev–Trinajstić information content (AvgIpc) is 2.84. The van der Waals surface area contributed by atoms with Gasteiger partial charge in [0.1, 0.15) is 0 Å². The number of rotatable bonds is 6. The summed E-state index contributed by atoms with van der Waals surface area (Å²) in [4.78, 5) is 0. The average molecular weight is 531 g/mol. The molecule has 1 unspecified atom stereocenters. The van der Waals surface area contributed by atoms with Gasteiger partial charge in [-0.1, -0.05) is 33.1 Å². The third-order valence-corrected chi connectivity index (χ3v) is 6.11. The van der Waals surface area contributed by atoms with Gasteiger partial charge < -0.3 is 4.57 Å². The first-order valence-corrected chi connectivity index (χ1v) is 10.7. The number of fused-ring (bicyclic) bond motifs is 3. The van der Waals surface area contributed by atoms with Crippen LogP contribution in [0.3, 0.4) is 0 Å². The van der Waals surface area contributed by atoms with Crippen LogP contribution in [0, 0.1) is 13.1 Å². The minimum absolute atomic E-state index is 0.771. The number of hydrogen-bond donors (Lipinski definition) is 0. The fraction of sp³-hybridized carbons (Fsp3) is 0.400. The molecular formula is C20H23I2N. The monoisotopic (exact) mass is 531 g/mol. The molecule has 1 heterocycles. The maximum atomic E-state index is 2.56. The maximum Gasteiger partial charge on any atom is 0.0492 e. The van der Waals surface area contributed by atoms with Crippen molar-refractivity contribution in [2.24, 2.45) is 5.92 Å². The number of halogens is 2. The van der Waals surface area contributed by atoms with Gasteiger partial charge in [0, 0.05) is 35.5 Å². The Labute approximate surface area is 166 Å². The molecule has 0 radical (unpaired) electrons. The van der Waals surface area contributed by atoms with Crippen molar-refractivity contribution in [2.45, 2.75) is 46.1 Å². The first kappa shape index (κ1) is 17.5. The number of nitrogens with zero attached hydrogens (tertiary/aromatic N) is 1. The van der Waals surface area contributed by atoms with Gasteiger partial charge in [0.15, 0.2) is 0 Å². The molecule has 122 valence electrons. The van der Waals surface area contributed by atoms with E-state index in [0.717, 1.165) is 12.5 Å². The van der Waals surface area contributed by atoms with E-state index in [-0.39, 0.29) is 0 Å². The Morgan fingerprint density at radius 1 is 0.913 bits per heavy atom. The smallest absolute Gasteiger partial charge is 0.0492 e. The molecule has 0 fully saturated rings. The van der Waals surface area contributed by atoms with Crippen molar-refractivity contribution in [1.82, 2.24) is 4.57 Å². The Morgan fingerprint density at radius 3 is 1.96 bits per heavy atom. The molecule has 0 N–H and O–H groups in total. The Kier molecular flexibility index (Phi) is 5.88. The predicted molar refractivity (Wildman–Crippen MR) is 118 cm³/mol. The van der Waals surface area contributed by atoms with E-state index >= 15 is 0 Å². The van der Waals surface area contributed by atoms with Crippen molar-refractivity contribution < 1.29 is 0 Å². The van der Waals surface area contributed by atoms with E-state index < -0.39 is 0 Å². The third-order valence-electron chi connectivity index (χ3n) is 4.77. The first-order valence-electron chi connectivity index (χ1n) is 8.51. The highest BCUT2D eigenvalue weighted by Crippen LogP contribution is 2.32. The number of unbranched alkanes of at least 4 members (excludes halogenated alkanes) is 1. The van der Waals surface area contributed by atoms with Crippen LogP contribution < -0.4 is 0 Å². The largest absolute Gasteiger partial charge is 0.340 e. The molecule has 2 aromatic carbocycles. The standard InChI is InChI=1S/C20H23I2N/c1-3-5-6-14(4-2)13-23-19-9-7-15(21)11-17(19)18-12-16(22)8-10-20(18)23/h7-12,14H,3-6,13H2,1-2H3. The molecule has 0 bridgehead atoms. The summed E-state index contributed by atoms with van der Waals surface area (Å²) in [5, 5.41) is 2.80. The summed E-state index contributed by atoms with van der Waals surface area (Å²) in [6, 6.07) is 13.7. The molecule has 3 rings (SSSR count). The minimum Gasteiger partial charge on any atom is -0.340 e. The van der Waals surface area contributed by atoms with Crippen molar-refractivity contribution in [3.8, 4) is 0 Å². The molecule has 0 saturated carbocycles. The van der Waals surface area contributed by atoms with Crippen molar-refractivity contribution in [3.05, 3.63) is 43.5 Å². The summed E-state index contributed by atoms with van der Waals surface area (Å²) in [7, 11) is 0. The van der Waals surface area contributed by atoms with Gasteiger partial charge in [-0.25, -0.2) is 0 Å². The molecule has 0 spiro atoms. The van der Waals surface area contributed by atoms with E-state index in [9.17, 15) is 0 Å². The van der Waals surface area contributed by atoms with Crippen LogP contribution >= 0.6 is 45.2 Å². The Bertz CT molecular complexity index is 760. The molecule has 1 atom stereocenters. The van der Waals surface area contributed by atoms with Gasteiger partial charge in [-0.2, -0.15) is 0 Å². The fourth-order valence-corrected chi connectivity index (χ4v) is 4.40. The van der Waals surface area contributed by atoms with Crippen LogP contribution in [0.1, 0.15) is 39.5 Å². The maximum absolute atomic E-state index is 2.56. The fourth-order valence-electron chi connectivity index (χ4n) is 3.42. The topological polar surface area (TPSA) is 4.93 Å². The summed E-state index contributed by atoms with van der Waals surface area (Å²) < 4.78 is 5.18. The second kappa shape index (κ2) is 7.72. The summed E-state index contributed by atoms with van der Waals surface area (Å²) in [5.41, 5.74) is 2.77. The Hall–Kier alpha value is -0.300. The van der Waals surface area contributed by atoms with Gasteiger partial charge in [-0.05, 0) is 93.9 Å². The molecule has 0 aliphatic carbocycles. The van der Waals surface area contributed by atoms with E-state index in [1.54, 1.807) is 0 Å². The Morgan fingerprint density at radius 2 is 1.48 bits per heavy atom. The summed E-state index contributed by atoms with van der Waals surface area (Å²) in [6.45, 7) is 5.76. The first-order chi connectivity index (χ1) is 11.1. The van der Waals surface area contributed by atoms with Crippen molar-refractivity contribution in [1.29, 1.82) is 0 Å². The summed E-state index contributed by atoms with van der Waals surface area (Å²) in [5.74, 6) is 0.771. The van der Waals surface area contributed by atoms with Crippen LogP contribution in [0.15, 0.2) is 36.4 Å². The number of hydrogen-bond acceptors (Lipinski definition) is 0. The zero-order chi connectivity index (χ0) is 16.4. The predicted octanol–water partition coefficient (Wildman–Crippen LogP) is 7.22. The highest BCUT2D eigenvalue weighted by Gasteiger charge is 2.14. The van der Waals surface area contributed by atoms with Crippen LogP contribution in [0.25, 0.3) is 21.8 Å². The van der Waals surface area contributed by atoms with Crippen molar-refractivity contribution >= 4 is 67.0 Å². The molecule has 3 heteroatoms. The van der Waals surface area contributed by atoms with Gasteiger partial charge in [-0.3, -0.25) is 0 Å². The quantitative estimate of drug-likeness (QED) is 0.296. The number of aromatic nitrogens is 1. The van der Waals surface area contributed by atoms with Gasteiger partial charge in [0.05, 0.1) is 0 Å². The molecule has 23 heavy (non-hydrogen) atoms. The zero-order valence-corrected chi connectivity index (χ0v) is 18.1. The summed E-state index contributed by atoms with van der Waals surface area (Å²) >= 11 is 4.84. The molecule has 1 nitrogen and oxygen atoms in total. The van der Waals surface area contributed by atoms with E-state index in [0.29, 0.717) is 0 Å². The molecule has 3 aromatic rings. The van der Waals surface area contributed by atoms with Gasteiger partial charge >= 0.3 is 0 Å². The molecule has 1 aromatic heterocycles. The second-order valence-corrected chi connectivity index (χ2v) is 8.84. The SMILES string of the molecule is CCCCC(CC)Cn1c2ccc(I)cc2c2cc(I)ccc21. The lowest BCUT2D eigenvalue weighted by atomic mass is 9.99. The Balaban J connectivity index is 2.13. The van der Waals surface area contributed by atoms with E-state index in [4.69, 9.17) is 0 Å². The molecule has 0 saturated heterocycles. The lowest BCUT2D eigenvalue weighted by Crippen LogP contribution is -2.10. The zero-order valence-electron chi connectivity index (χ0n) is 13.8. The van der Waals surface area contributed by atoms with Crippen LogP contribution in [0.2, 0.25) is 0 Å². The lowest BCUT2D eigenvalue weighted by molar-refractivity contribution is 0.401. The molecule has 0 aliphatic heterocycles. The van der Waals surface area contributed by atoms with E-state index in [2.05, 4.69) is 100.0 Å². The van der Waals surface area contributed by atoms with Crippen LogP contribution in [0.5, 0.6) is 0 Å². The highest BCUT2D eigenvalue weighted by atomic mass is 127. The third kappa shape index (κ3) is 3.70. The normalized spacial score (nSPS) is 13.0. The second-order valence-electron chi connectivity index (χ2n) is 6.35. The lowest BCUT2D eigenvalue weighted by Gasteiger charge is -2.17. The highest BCUT2D eigenvalue weighted by molar-refractivity contribution is 14.1. The van der Waals surface area contributed by atoms with Crippen LogP contribution in [-0.4, -0.2) is 4.57 Å². The number of benzene rings is 2. The van der Waals surface area contributed by atoms with Crippen LogP contribution in [-0.2, 0) is 6.54 Å². The van der Waals surface area contributed by atoms with E-state index in [1.807, 2.05) is 0 Å². The summed E-state index contributed by atoms with van der Waals surface area (Å²) in [6.07, 6.45) is 5.23.